The van der Waals surface area contributed by atoms with E-state index in [0.29, 0.717) is 5.54 Å². The fourth-order valence-electron chi connectivity index (χ4n) is 2.20. The Bertz CT molecular complexity index is 237. The zero-order valence-electron chi connectivity index (χ0n) is 10.6. The Labute approximate surface area is 94.3 Å². The van der Waals surface area contributed by atoms with E-state index in [1.807, 2.05) is 0 Å². The molecule has 1 heterocycles. The van der Waals surface area contributed by atoms with E-state index in [9.17, 15) is 0 Å². The maximum absolute atomic E-state index is 8.98. The zero-order valence-corrected chi connectivity index (χ0v) is 10.6. The molecular weight excluding hydrogens is 184 g/mol. The van der Waals surface area contributed by atoms with Crippen LogP contribution < -0.4 is 0 Å². The van der Waals surface area contributed by atoms with Crippen molar-refractivity contribution >= 4 is 0 Å². The number of nitriles is 1. The normalized spacial score (nSPS) is 26.5. The van der Waals surface area contributed by atoms with Crippen molar-refractivity contribution in [3.05, 3.63) is 0 Å². The number of nitrogens with zero attached hydrogens (tertiary/aromatic N) is 2. The topological polar surface area (TPSA) is 27.0 Å². The minimum Gasteiger partial charge on any atom is -0.297 e. The summed E-state index contributed by atoms with van der Waals surface area (Å²) in [7, 11) is 0. The molecule has 1 fully saturated rings. The maximum Gasteiger partial charge on any atom is 0.0669 e. The van der Waals surface area contributed by atoms with Gasteiger partial charge in [0.1, 0.15) is 0 Å². The first kappa shape index (κ1) is 12.5. The van der Waals surface area contributed by atoms with Crippen molar-refractivity contribution in [3.63, 3.8) is 0 Å². The second-order valence-corrected chi connectivity index (χ2v) is 5.81. The molecule has 1 rings (SSSR count). The van der Waals surface area contributed by atoms with Gasteiger partial charge in [-0.3, -0.25) is 4.90 Å². The van der Waals surface area contributed by atoms with E-state index >= 15 is 0 Å². The number of likely N-dealkylation sites (tertiary alicyclic amines) is 1. The number of piperidine rings is 1. The van der Waals surface area contributed by atoms with Gasteiger partial charge in [0.2, 0.25) is 0 Å². The Morgan fingerprint density at radius 3 is 2.67 bits per heavy atom. The first-order valence-electron chi connectivity index (χ1n) is 6.10. The van der Waals surface area contributed by atoms with Gasteiger partial charge in [-0.1, -0.05) is 13.8 Å². The van der Waals surface area contributed by atoms with Crippen LogP contribution in [0.25, 0.3) is 0 Å². The molecule has 0 aromatic heterocycles. The summed E-state index contributed by atoms with van der Waals surface area (Å²) >= 11 is 0. The summed E-state index contributed by atoms with van der Waals surface area (Å²) in [6.45, 7) is 11.2. The zero-order chi connectivity index (χ0) is 11.5. The second-order valence-electron chi connectivity index (χ2n) is 5.81. The summed E-state index contributed by atoms with van der Waals surface area (Å²) in [5.41, 5.74) is 0.294. The minimum absolute atomic E-state index is 0.255. The fraction of sp³-hybridized carbons (Fsp3) is 0.923. The monoisotopic (exact) mass is 208 g/mol. The predicted molar refractivity (Wildman–Crippen MR) is 63.4 cm³/mol. The van der Waals surface area contributed by atoms with Crippen molar-refractivity contribution in [2.45, 2.75) is 52.5 Å². The largest absolute Gasteiger partial charge is 0.297 e. The molecule has 0 aliphatic carbocycles. The maximum atomic E-state index is 8.98. The molecule has 0 saturated carbocycles. The van der Waals surface area contributed by atoms with E-state index < -0.39 is 0 Å². The Balaban J connectivity index is 2.53. The minimum atomic E-state index is 0.255. The molecule has 1 aliphatic rings. The standard InChI is InChI=1S/C13H24N2/c1-11(2)6-8-15-10-12(9-14)5-7-13(15,3)4/h11-12H,5-8,10H2,1-4H3. The van der Waals surface area contributed by atoms with Crippen molar-refractivity contribution in [1.82, 2.24) is 4.90 Å². The Kier molecular flexibility index (Phi) is 4.16. The fourth-order valence-corrected chi connectivity index (χ4v) is 2.20. The van der Waals surface area contributed by atoms with E-state index in [1.54, 1.807) is 0 Å². The number of rotatable bonds is 3. The van der Waals surface area contributed by atoms with E-state index in [0.717, 1.165) is 31.8 Å². The first-order valence-corrected chi connectivity index (χ1v) is 6.10. The van der Waals surface area contributed by atoms with Gasteiger partial charge in [0.15, 0.2) is 0 Å². The third-order valence-electron chi connectivity index (χ3n) is 3.56. The highest BCUT2D eigenvalue weighted by Crippen LogP contribution is 2.30. The van der Waals surface area contributed by atoms with Gasteiger partial charge in [-0.05, 0) is 45.6 Å². The van der Waals surface area contributed by atoms with Crippen LogP contribution in [0, 0.1) is 23.2 Å². The highest BCUT2D eigenvalue weighted by atomic mass is 15.2. The van der Waals surface area contributed by atoms with Gasteiger partial charge in [0.25, 0.3) is 0 Å². The molecule has 0 N–H and O–H groups in total. The summed E-state index contributed by atoms with van der Waals surface area (Å²) in [5.74, 6) is 1.01. The second kappa shape index (κ2) is 4.99. The quantitative estimate of drug-likeness (QED) is 0.713. The van der Waals surface area contributed by atoms with Crippen LogP contribution in [0.2, 0.25) is 0 Å². The van der Waals surface area contributed by atoms with Gasteiger partial charge in [0.05, 0.1) is 12.0 Å². The van der Waals surface area contributed by atoms with Crippen molar-refractivity contribution in [3.8, 4) is 6.07 Å². The van der Waals surface area contributed by atoms with Crippen LogP contribution in [0.4, 0.5) is 0 Å². The van der Waals surface area contributed by atoms with E-state index in [4.69, 9.17) is 5.26 Å². The van der Waals surface area contributed by atoms with Crippen LogP contribution in [-0.4, -0.2) is 23.5 Å². The van der Waals surface area contributed by atoms with Crippen LogP contribution in [0.1, 0.15) is 47.0 Å². The Hall–Kier alpha value is -0.550. The molecule has 1 unspecified atom stereocenters. The molecule has 2 nitrogen and oxygen atoms in total. The molecular formula is C13H24N2. The average molecular weight is 208 g/mol. The SMILES string of the molecule is CC(C)CCN1CC(C#N)CCC1(C)C. The van der Waals surface area contributed by atoms with Gasteiger partial charge >= 0.3 is 0 Å². The Morgan fingerprint density at radius 1 is 1.47 bits per heavy atom. The predicted octanol–water partition coefficient (Wildman–Crippen LogP) is 3.05. The van der Waals surface area contributed by atoms with Gasteiger partial charge in [-0.15, -0.1) is 0 Å². The van der Waals surface area contributed by atoms with E-state index in [1.165, 1.54) is 6.42 Å². The average Bonchev–Trinajstić information content (AvgIpc) is 2.15. The first-order chi connectivity index (χ1) is 6.95. The molecule has 0 radical (unpaired) electrons. The lowest BCUT2D eigenvalue weighted by atomic mass is 9.85. The van der Waals surface area contributed by atoms with Crippen molar-refractivity contribution in [1.29, 1.82) is 5.26 Å². The van der Waals surface area contributed by atoms with Crippen molar-refractivity contribution in [2.75, 3.05) is 13.1 Å². The van der Waals surface area contributed by atoms with Gasteiger partial charge in [-0.25, -0.2) is 0 Å². The summed E-state index contributed by atoms with van der Waals surface area (Å²) in [6.07, 6.45) is 3.46. The molecule has 1 atom stereocenters. The number of hydrogen-bond donors (Lipinski definition) is 0. The van der Waals surface area contributed by atoms with Crippen LogP contribution in [0.5, 0.6) is 0 Å². The highest BCUT2D eigenvalue weighted by Gasteiger charge is 2.33. The molecule has 0 spiro atoms. The molecule has 15 heavy (non-hydrogen) atoms. The Morgan fingerprint density at radius 2 is 2.13 bits per heavy atom. The van der Waals surface area contributed by atoms with Gasteiger partial charge in [-0.2, -0.15) is 5.26 Å². The molecule has 1 saturated heterocycles. The van der Waals surface area contributed by atoms with Gasteiger partial charge < -0.3 is 0 Å². The summed E-state index contributed by atoms with van der Waals surface area (Å²) in [5, 5.41) is 8.98. The molecule has 86 valence electrons. The van der Waals surface area contributed by atoms with E-state index in [2.05, 4.69) is 38.7 Å². The lowest BCUT2D eigenvalue weighted by Gasteiger charge is -2.44. The van der Waals surface area contributed by atoms with Crippen molar-refractivity contribution < 1.29 is 0 Å². The molecule has 0 aromatic rings. The van der Waals surface area contributed by atoms with Crippen molar-refractivity contribution in [2.24, 2.45) is 11.8 Å². The van der Waals surface area contributed by atoms with Crippen LogP contribution in [0.3, 0.4) is 0 Å². The summed E-state index contributed by atoms with van der Waals surface area (Å²) in [6, 6.07) is 2.42. The van der Waals surface area contributed by atoms with Crippen LogP contribution >= 0.6 is 0 Å². The highest BCUT2D eigenvalue weighted by molar-refractivity contribution is 4.96. The number of hydrogen-bond acceptors (Lipinski definition) is 2. The van der Waals surface area contributed by atoms with Crippen LogP contribution in [0.15, 0.2) is 0 Å². The third-order valence-corrected chi connectivity index (χ3v) is 3.56. The molecule has 0 amide bonds. The third kappa shape index (κ3) is 3.50. The van der Waals surface area contributed by atoms with Gasteiger partial charge in [0, 0.05) is 12.1 Å². The molecule has 0 aromatic carbocycles. The lowest BCUT2D eigenvalue weighted by molar-refractivity contribution is 0.0551. The lowest BCUT2D eigenvalue weighted by Crippen LogP contribution is -2.50. The molecule has 0 bridgehead atoms. The smallest absolute Gasteiger partial charge is 0.0669 e. The van der Waals surface area contributed by atoms with Crippen LogP contribution in [-0.2, 0) is 0 Å². The summed E-state index contributed by atoms with van der Waals surface area (Å²) in [4.78, 5) is 2.50. The molecule has 1 aliphatic heterocycles. The molecule has 2 heteroatoms. The van der Waals surface area contributed by atoms with E-state index in [-0.39, 0.29) is 5.92 Å². The summed E-state index contributed by atoms with van der Waals surface area (Å²) < 4.78 is 0.